The summed E-state index contributed by atoms with van der Waals surface area (Å²) >= 11 is 6.14. The SMILES string of the molecule is Cc1ccc(Cl)c(OCC(=O)N2N=C(c3ccco3)CC2c2ccco2)c1. The molecule has 7 heteroatoms. The van der Waals surface area contributed by atoms with Crippen LogP contribution >= 0.6 is 11.6 Å². The Morgan fingerprint density at radius 3 is 2.81 bits per heavy atom. The summed E-state index contributed by atoms with van der Waals surface area (Å²) in [5, 5.41) is 6.30. The highest BCUT2D eigenvalue weighted by Crippen LogP contribution is 2.33. The first-order chi connectivity index (χ1) is 13.1. The van der Waals surface area contributed by atoms with Crippen molar-refractivity contribution in [1.82, 2.24) is 5.01 Å². The third kappa shape index (κ3) is 3.61. The third-order valence-electron chi connectivity index (χ3n) is 4.28. The van der Waals surface area contributed by atoms with Gasteiger partial charge in [-0.1, -0.05) is 17.7 Å². The van der Waals surface area contributed by atoms with Crippen molar-refractivity contribution in [2.24, 2.45) is 5.10 Å². The Morgan fingerprint density at radius 2 is 2.07 bits per heavy atom. The molecule has 0 N–H and O–H groups in total. The van der Waals surface area contributed by atoms with E-state index in [1.807, 2.05) is 25.1 Å². The first-order valence-electron chi connectivity index (χ1n) is 8.47. The molecule has 0 saturated carbocycles. The number of rotatable bonds is 5. The van der Waals surface area contributed by atoms with Crippen molar-refractivity contribution in [3.8, 4) is 5.75 Å². The van der Waals surface area contributed by atoms with Gasteiger partial charge in [-0.05, 0) is 48.9 Å². The summed E-state index contributed by atoms with van der Waals surface area (Å²) in [6.07, 6.45) is 3.65. The molecule has 1 aliphatic heterocycles. The summed E-state index contributed by atoms with van der Waals surface area (Å²) in [5.74, 6) is 1.45. The molecule has 1 amide bonds. The molecule has 0 spiro atoms. The van der Waals surface area contributed by atoms with Gasteiger partial charge in [0.1, 0.15) is 29.0 Å². The van der Waals surface area contributed by atoms with Gasteiger partial charge in [-0.15, -0.1) is 0 Å². The van der Waals surface area contributed by atoms with E-state index in [2.05, 4.69) is 5.10 Å². The van der Waals surface area contributed by atoms with E-state index in [-0.39, 0.29) is 18.6 Å². The summed E-state index contributed by atoms with van der Waals surface area (Å²) in [6.45, 7) is 1.74. The summed E-state index contributed by atoms with van der Waals surface area (Å²) in [5.41, 5.74) is 1.68. The smallest absolute Gasteiger partial charge is 0.281 e. The van der Waals surface area contributed by atoms with Crippen LogP contribution in [-0.2, 0) is 4.79 Å². The van der Waals surface area contributed by atoms with E-state index in [4.69, 9.17) is 25.2 Å². The number of hydrazone groups is 1. The quantitative estimate of drug-likeness (QED) is 0.645. The molecule has 1 aliphatic rings. The lowest BCUT2D eigenvalue weighted by molar-refractivity contribution is -0.135. The molecular weight excluding hydrogens is 368 g/mol. The second-order valence-electron chi connectivity index (χ2n) is 6.22. The Balaban J connectivity index is 1.54. The minimum atomic E-state index is -0.343. The summed E-state index contributed by atoms with van der Waals surface area (Å²) in [4.78, 5) is 12.8. The van der Waals surface area contributed by atoms with E-state index in [0.29, 0.717) is 34.4 Å². The number of carbonyl (C=O) groups excluding carboxylic acids is 1. The molecule has 0 bridgehead atoms. The van der Waals surface area contributed by atoms with Crippen LogP contribution in [0.1, 0.15) is 29.5 Å². The number of amides is 1. The zero-order chi connectivity index (χ0) is 18.8. The topological polar surface area (TPSA) is 68.2 Å². The van der Waals surface area contributed by atoms with Crippen molar-refractivity contribution < 1.29 is 18.4 Å². The fourth-order valence-corrected chi connectivity index (χ4v) is 3.13. The normalized spacial score (nSPS) is 16.4. The molecule has 0 aliphatic carbocycles. The number of hydrogen-bond acceptors (Lipinski definition) is 5. The van der Waals surface area contributed by atoms with E-state index in [1.54, 1.807) is 36.8 Å². The molecule has 6 nitrogen and oxygen atoms in total. The number of nitrogens with zero attached hydrogens (tertiary/aromatic N) is 2. The average molecular weight is 385 g/mol. The number of benzene rings is 1. The number of carbonyl (C=O) groups is 1. The summed E-state index contributed by atoms with van der Waals surface area (Å²) < 4.78 is 16.6. The lowest BCUT2D eigenvalue weighted by atomic mass is 10.1. The van der Waals surface area contributed by atoms with Gasteiger partial charge in [-0.3, -0.25) is 4.79 Å². The lowest BCUT2D eigenvalue weighted by Gasteiger charge is -2.20. The molecule has 1 aromatic carbocycles. The minimum absolute atomic E-state index is 0.185. The molecule has 0 radical (unpaired) electrons. The van der Waals surface area contributed by atoms with Crippen LogP contribution in [-0.4, -0.2) is 23.2 Å². The van der Waals surface area contributed by atoms with Gasteiger partial charge in [0.2, 0.25) is 0 Å². The van der Waals surface area contributed by atoms with Crippen LogP contribution in [0.4, 0.5) is 0 Å². The maximum Gasteiger partial charge on any atom is 0.281 e. The van der Waals surface area contributed by atoms with Crippen molar-refractivity contribution in [3.63, 3.8) is 0 Å². The highest BCUT2D eigenvalue weighted by molar-refractivity contribution is 6.32. The predicted molar refractivity (Wildman–Crippen MR) is 99.8 cm³/mol. The molecule has 2 aromatic heterocycles. The Bertz CT molecular complexity index is 964. The van der Waals surface area contributed by atoms with Crippen molar-refractivity contribution in [2.75, 3.05) is 6.61 Å². The van der Waals surface area contributed by atoms with E-state index >= 15 is 0 Å². The zero-order valence-corrected chi connectivity index (χ0v) is 15.3. The highest BCUT2D eigenvalue weighted by atomic mass is 35.5. The molecule has 3 heterocycles. The molecule has 138 valence electrons. The minimum Gasteiger partial charge on any atom is -0.482 e. The van der Waals surface area contributed by atoms with Crippen LogP contribution in [0.15, 0.2) is 68.9 Å². The van der Waals surface area contributed by atoms with Crippen molar-refractivity contribution in [2.45, 2.75) is 19.4 Å². The molecule has 4 rings (SSSR count). The summed E-state index contributed by atoms with van der Waals surface area (Å²) in [6, 6.07) is 12.3. The molecule has 1 atom stereocenters. The predicted octanol–water partition coefficient (Wildman–Crippen LogP) is 4.59. The van der Waals surface area contributed by atoms with E-state index in [9.17, 15) is 4.79 Å². The van der Waals surface area contributed by atoms with Gasteiger partial charge in [0.05, 0.1) is 17.5 Å². The maximum absolute atomic E-state index is 12.8. The van der Waals surface area contributed by atoms with Gasteiger partial charge in [-0.2, -0.15) is 5.10 Å². The average Bonchev–Trinajstić information content (AvgIpc) is 3.40. The number of halogens is 1. The monoisotopic (exact) mass is 384 g/mol. The van der Waals surface area contributed by atoms with Gasteiger partial charge in [0.15, 0.2) is 6.61 Å². The van der Waals surface area contributed by atoms with E-state index < -0.39 is 0 Å². The van der Waals surface area contributed by atoms with Gasteiger partial charge < -0.3 is 13.6 Å². The Hall–Kier alpha value is -2.99. The Labute approximate surface area is 161 Å². The van der Waals surface area contributed by atoms with Crippen molar-refractivity contribution >= 4 is 23.2 Å². The van der Waals surface area contributed by atoms with Crippen molar-refractivity contribution in [1.29, 1.82) is 0 Å². The van der Waals surface area contributed by atoms with Crippen LogP contribution in [0.2, 0.25) is 5.02 Å². The number of hydrogen-bond donors (Lipinski definition) is 0. The second-order valence-corrected chi connectivity index (χ2v) is 6.63. The largest absolute Gasteiger partial charge is 0.482 e. The Kier molecular flexibility index (Phi) is 4.73. The van der Waals surface area contributed by atoms with E-state index in [1.165, 1.54) is 5.01 Å². The lowest BCUT2D eigenvalue weighted by Crippen LogP contribution is -2.31. The van der Waals surface area contributed by atoms with Crippen LogP contribution in [0.3, 0.4) is 0 Å². The molecule has 3 aromatic rings. The number of furan rings is 2. The van der Waals surface area contributed by atoms with Crippen molar-refractivity contribution in [3.05, 3.63) is 77.1 Å². The second kappa shape index (κ2) is 7.32. The fraction of sp³-hybridized carbons (Fsp3) is 0.200. The number of ether oxygens (including phenoxy) is 1. The molecule has 27 heavy (non-hydrogen) atoms. The first-order valence-corrected chi connectivity index (χ1v) is 8.85. The third-order valence-corrected chi connectivity index (χ3v) is 4.59. The zero-order valence-electron chi connectivity index (χ0n) is 14.6. The van der Waals surface area contributed by atoms with E-state index in [0.717, 1.165) is 5.56 Å². The highest BCUT2D eigenvalue weighted by Gasteiger charge is 2.35. The van der Waals surface area contributed by atoms with Gasteiger partial charge >= 0.3 is 0 Å². The van der Waals surface area contributed by atoms with Gasteiger partial charge in [0, 0.05) is 6.42 Å². The van der Waals surface area contributed by atoms with Crippen LogP contribution in [0.5, 0.6) is 5.75 Å². The van der Waals surface area contributed by atoms with Gasteiger partial charge in [-0.25, -0.2) is 5.01 Å². The summed E-state index contributed by atoms with van der Waals surface area (Å²) in [7, 11) is 0. The molecule has 0 saturated heterocycles. The fourth-order valence-electron chi connectivity index (χ4n) is 2.96. The van der Waals surface area contributed by atoms with Crippen LogP contribution in [0, 0.1) is 6.92 Å². The van der Waals surface area contributed by atoms with Crippen LogP contribution < -0.4 is 4.74 Å². The first kappa shape index (κ1) is 17.4. The maximum atomic E-state index is 12.8. The molecule has 0 fully saturated rings. The molecule has 1 unspecified atom stereocenters. The Morgan fingerprint density at radius 1 is 1.26 bits per heavy atom. The van der Waals surface area contributed by atoms with Gasteiger partial charge in [0.25, 0.3) is 5.91 Å². The standard InChI is InChI=1S/C20H17ClN2O4/c1-13-6-7-14(21)19(10-13)27-12-20(24)23-16(18-5-3-9-26-18)11-15(22-23)17-4-2-8-25-17/h2-10,16H,11-12H2,1H3. The molecular formula is C20H17ClN2O4. The van der Waals surface area contributed by atoms with Crippen LogP contribution in [0.25, 0.3) is 0 Å². The number of aryl methyl sites for hydroxylation is 1.